The zero-order valence-corrected chi connectivity index (χ0v) is 16.1. The van der Waals surface area contributed by atoms with Crippen LogP contribution in [0.3, 0.4) is 0 Å². The number of thiophene rings is 1. The summed E-state index contributed by atoms with van der Waals surface area (Å²) in [7, 11) is 0. The Morgan fingerprint density at radius 3 is 2.96 bits per heavy atom. The van der Waals surface area contributed by atoms with E-state index in [1.54, 1.807) is 11.3 Å². The molecule has 24 heavy (non-hydrogen) atoms. The van der Waals surface area contributed by atoms with Crippen molar-refractivity contribution >= 4 is 45.5 Å². The zero-order chi connectivity index (χ0) is 16.8. The van der Waals surface area contributed by atoms with Gasteiger partial charge in [-0.05, 0) is 31.2 Å². The van der Waals surface area contributed by atoms with Gasteiger partial charge in [-0.3, -0.25) is 4.79 Å². The van der Waals surface area contributed by atoms with E-state index in [0.29, 0.717) is 11.8 Å². The van der Waals surface area contributed by atoms with Crippen molar-refractivity contribution in [3.63, 3.8) is 0 Å². The van der Waals surface area contributed by atoms with Crippen LogP contribution < -0.4 is 10.6 Å². The number of hydrogen-bond acceptors (Lipinski definition) is 7. The highest BCUT2D eigenvalue weighted by Crippen LogP contribution is 2.28. The molecule has 2 aromatic rings. The van der Waals surface area contributed by atoms with Gasteiger partial charge in [0.2, 0.25) is 11.0 Å². The van der Waals surface area contributed by atoms with E-state index < -0.39 is 0 Å². The number of thioether (sulfide) groups is 1. The topological polar surface area (TPSA) is 66.9 Å². The molecule has 5 nitrogen and oxygen atoms in total. The first-order valence-corrected chi connectivity index (χ1v) is 10.9. The Balaban J connectivity index is 1.42. The van der Waals surface area contributed by atoms with E-state index in [2.05, 4.69) is 20.8 Å². The van der Waals surface area contributed by atoms with Gasteiger partial charge in [-0.15, -0.1) is 21.5 Å². The molecule has 0 aliphatic heterocycles. The third-order valence-corrected chi connectivity index (χ3v) is 7.06. The highest BCUT2D eigenvalue weighted by molar-refractivity contribution is 8.01. The summed E-state index contributed by atoms with van der Waals surface area (Å²) in [5.74, 6) is 0.395. The van der Waals surface area contributed by atoms with Gasteiger partial charge in [0.25, 0.3) is 0 Å². The molecule has 0 aromatic carbocycles. The largest absolute Gasteiger partial charge is 0.357 e. The third kappa shape index (κ3) is 5.19. The van der Waals surface area contributed by atoms with Crippen LogP contribution in [-0.2, 0) is 4.79 Å². The number of hydrogen-bond donors (Lipinski definition) is 2. The molecule has 130 valence electrons. The predicted octanol–water partition coefficient (Wildman–Crippen LogP) is 4.31. The Morgan fingerprint density at radius 1 is 1.38 bits per heavy atom. The molecule has 2 heterocycles. The number of anilines is 1. The number of rotatable bonds is 7. The maximum absolute atomic E-state index is 12.1. The van der Waals surface area contributed by atoms with Gasteiger partial charge in [-0.2, -0.15) is 0 Å². The van der Waals surface area contributed by atoms with Crippen molar-refractivity contribution in [2.75, 3.05) is 11.1 Å². The first-order chi connectivity index (χ1) is 11.7. The molecule has 1 amide bonds. The van der Waals surface area contributed by atoms with E-state index in [9.17, 15) is 4.79 Å². The van der Waals surface area contributed by atoms with Crippen LogP contribution in [0.4, 0.5) is 5.13 Å². The lowest BCUT2D eigenvalue weighted by atomic mass is 9.96. The minimum Gasteiger partial charge on any atom is -0.357 e. The standard InChI is InChI=1S/C16H22N4OS3/c1-11(13-8-5-9-22-13)17-14(21)10-23-16-20-19-15(24-16)18-12-6-3-2-4-7-12/h5,8-9,11-12H,2-4,6-7,10H2,1H3,(H,17,21)(H,18,19). The van der Waals surface area contributed by atoms with Crippen LogP contribution in [0.1, 0.15) is 49.9 Å². The number of nitrogens with zero attached hydrogens (tertiary/aromatic N) is 2. The number of carbonyl (C=O) groups excluding carboxylic acids is 1. The molecular formula is C16H22N4OS3. The van der Waals surface area contributed by atoms with E-state index >= 15 is 0 Å². The van der Waals surface area contributed by atoms with Gasteiger partial charge in [0.15, 0.2) is 4.34 Å². The maximum Gasteiger partial charge on any atom is 0.230 e. The Bertz CT molecular complexity index is 638. The van der Waals surface area contributed by atoms with Crippen LogP contribution >= 0.6 is 34.4 Å². The summed E-state index contributed by atoms with van der Waals surface area (Å²) >= 11 is 4.64. The van der Waals surface area contributed by atoms with Crippen molar-refractivity contribution in [2.45, 2.75) is 55.5 Å². The normalized spacial score (nSPS) is 16.7. The SMILES string of the molecule is CC(NC(=O)CSc1nnc(NC2CCCCC2)s1)c1cccs1. The molecule has 0 radical (unpaired) electrons. The predicted molar refractivity (Wildman–Crippen MR) is 102 cm³/mol. The molecule has 1 saturated carbocycles. The average Bonchev–Trinajstić information content (AvgIpc) is 3.26. The molecule has 1 atom stereocenters. The zero-order valence-electron chi connectivity index (χ0n) is 13.7. The van der Waals surface area contributed by atoms with E-state index in [0.717, 1.165) is 9.47 Å². The van der Waals surface area contributed by atoms with E-state index in [-0.39, 0.29) is 11.9 Å². The van der Waals surface area contributed by atoms with Gasteiger partial charge in [-0.25, -0.2) is 0 Å². The summed E-state index contributed by atoms with van der Waals surface area (Å²) in [6, 6.07) is 4.62. The molecule has 0 saturated heterocycles. The quantitative estimate of drug-likeness (QED) is 0.698. The molecule has 1 unspecified atom stereocenters. The fourth-order valence-electron chi connectivity index (χ4n) is 2.77. The summed E-state index contributed by atoms with van der Waals surface area (Å²) < 4.78 is 0.840. The van der Waals surface area contributed by atoms with Crippen molar-refractivity contribution < 1.29 is 4.79 Å². The van der Waals surface area contributed by atoms with E-state index in [1.165, 1.54) is 60.1 Å². The molecule has 0 spiro atoms. The maximum atomic E-state index is 12.1. The molecule has 1 aliphatic carbocycles. The Morgan fingerprint density at radius 2 is 2.21 bits per heavy atom. The van der Waals surface area contributed by atoms with Crippen molar-refractivity contribution in [1.29, 1.82) is 0 Å². The van der Waals surface area contributed by atoms with Gasteiger partial charge in [0, 0.05) is 10.9 Å². The fourth-order valence-corrected chi connectivity index (χ4v) is 5.14. The summed E-state index contributed by atoms with van der Waals surface area (Å²) in [5.41, 5.74) is 0. The van der Waals surface area contributed by atoms with Gasteiger partial charge in [-0.1, -0.05) is 48.4 Å². The number of amides is 1. The molecule has 3 rings (SSSR count). The second kappa shape index (κ2) is 8.82. The molecule has 2 aromatic heterocycles. The lowest BCUT2D eigenvalue weighted by Gasteiger charge is -2.21. The van der Waals surface area contributed by atoms with Crippen molar-refractivity contribution in [3.8, 4) is 0 Å². The van der Waals surface area contributed by atoms with Crippen LogP contribution in [0.15, 0.2) is 21.9 Å². The summed E-state index contributed by atoms with van der Waals surface area (Å²) in [6.45, 7) is 2.01. The smallest absolute Gasteiger partial charge is 0.230 e. The van der Waals surface area contributed by atoms with Crippen LogP contribution in [0.2, 0.25) is 0 Å². The second-order valence-corrected chi connectivity index (χ2v) is 9.12. The number of aromatic nitrogens is 2. The minimum atomic E-state index is 0.0258. The van der Waals surface area contributed by atoms with Crippen LogP contribution in [0, 0.1) is 0 Å². The van der Waals surface area contributed by atoms with Crippen molar-refractivity contribution in [3.05, 3.63) is 22.4 Å². The van der Waals surface area contributed by atoms with Gasteiger partial charge < -0.3 is 10.6 Å². The van der Waals surface area contributed by atoms with Gasteiger partial charge >= 0.3 is 0 Å². The van der Waals surface area contributed by atoms with E-state index in [4.69, 9.17) is 0 Å². The molecule has 0 bridgehead atoms. The highest BCUT2D eigenvalue weighted by Gasteiger charge is 2.16. The van der Waals surface area contributed by atoms with Crippen LogP contribution in [0.5, 0.6) is 0 Å². The Labute approximate surface area is 154 Å². The van der Waals surface area contributed by atoms with Gasteiger partial charge in [0.05, 0.1) is 11.8 Å². The monoisotopic (exact) mass is 382 g/mol. The summed E-state index contributed by atoms with van der Waals surface area (Å²) in [5, 5.41) is 17.8. The Kier molecular flexibility index (Phi) is 6.51. The Hall–Kier alpha value is -1.12. The fraction of sp³-hybridized carbons (Fsp3) is 0.562. The van der Waals surface area contributed by atoms with Gasteiger partial charge in [0.1, 0.15) is 0 Å². The number of carbonyl (C=O) groups is 1. The van der Waals surface area contributed by atoms with Crippen molar-refractivity contribution in [2.24, 2.45) is 0 Å². The minimum absolute atomic E-state index is 0.0258. The highest BCUT2D eigenvalue weighted by atomic mass is 32.2. The molecule has 8 heteroatoms. The van der Waals surface area contributed by atoms with Crippen molar-refractivity contribution in [1.82, 2.24) is 15.5 Å². The first-order valence-electron chi connectivity index (χ1n) is 8.26. The third-order valence-electron chi connectivity index (χ3n) is 4.01. The molecule has 1 aliphatic rings. The average molecular weight is 383 g/mol. The summed E-state index contributed by atoms with van der Waals surface area (Å²) in [4.78, 5) is 13.2. The lowest BCUT2D eigenvalue weighted by Crippen LogP contribution is -2.27. The van der Waals surface area contributed by atoms with Crippen LogP contribution in [-0.4, -0.2) is 27.9 Å². The molecular weight excluding hydrogens is 360 g/mol. The molecule has 2 N–H and O–H groups in total. The second-order valence-electron chi connectivity index (χ2n) is 5.95. The summed E-state index contributed by atoms with van der Waals surface area (Å²) in [6.07, 6.45) is 6.35. The van der Waals surface area contributed by atoms with E-state index in [1.807, 2.05) is 24.4 Å². The van der Waals surface area contributed by atoms with Crippen LogP contribution in [0.25, 0.3) is 0 Å². The number of nitrogens with one attached hydrogen (secondary N) is 2. The lowest BCUT2D eigenvalue weighted by molar-refractivity contribution is -0.119. The molecule has 1 fully saturated rings. The first kappa shape index (κ1) is 17.7.